The van der Waals surface area contributed by atoms with E-state index in [1.807, 2.05) is 39.8 Å². The largest absolute Gasteiger partial charge is 0.465 e. The van der Waals surface area contributed by atoms with E-state index in [4.69, 9.17) is 4.74 Å². The molecule has 35 heavy (non-hydrogen) atoms. The summed E-state index contributed by atoms with van der Waals surface area (Å²) in [6.45, 7) is 16.3. The Morgan fingerprint density at radius 3 is 2.31 bits per heavy atom. The molecular weight excluding hydrogens is 438 g/mol. The van der Waals surface area contributed by atoms with Crippen molar-refractivity contribution in [3.63, 3.8) is 0 Å². The lowest BCUT2D eigenvalue weighted by Crippen LogP contribution is -2.24. The predicted molar refractivity (Wildman–Crippen MR) is 146 cm³/mol. The van der Waals surface area contributed by atoms with E-state index in [-0.39, 0.29) is 11.9 Å². The Balaban J connectivity index is 3.64. The van der Waals surface area contributed by atoms with Crippen LogP contribution in [0.5, 0.6) is 0 Å². The van der Waals surface area contributed by atoms with E-state index in [0.29, 0.717) is 17.6 Å². The zero-order chi connectivity index (χ0) is 26.5. The standard InChI is InChI=1S/C29H47N3O3/c1-10-15-21(6)30-28(33)24(22(7)20(5)12-3)19-26-23(16-14-18-32(8)17-11-2)27(29(34)35-9)25(13-4)31-26/h15,19,31H,10-14,16-18H2,1-9H3,(H,30,33)/b21-15+,22-20+,24-19-. The summed E-state index contributed by atoms with van der Waals surface area (Å²) in [6, 6.07) is 0. The Morgan fingerprint density at radius 1 is 1.09 bits per heavy atom. The summed E-state index contributed by atoms with van der Waals surface area (Å²) in [7, 11) is 3.54. The Labute approximate surface area is 212 Å². The first kappa shape index (κ1) is 30.4. The van der Waals surface area contributed by atoms with E-state index >= 15 is 0 Å². The zero-order valence-corrected chi connectivity index (χ0v) is 23.5. The molecule has 0 aliphatic rings. The van der Waals surface area contributed by atoms with Crippen molar-refractivity contribution in [1.82, 2.24) is 15.2 Å². The fraction of sp³-hybridized carbons (Fsp3) is 0.586. The van der Waals surface area contributed by atoms with Gasteiger partial charge in [-0.25, -0.2) is 4.79 Å². The average molecular weight is 486 g/mol. The second kappa shape index (κ2) is 15.4. The molecule has 0 aliphatic heterocycles. The number of carbonyl (C=O) groups excluding carboxylic acids is 2. The number of rotatable bonds is 14. The molecule has 0 saturated heterocycles. The quantitative estimate of drug-likeness (QED) is 0.187. The Bertz CT molecular complexity index is 951. The highest BCUT2D eigenvalue weighted by Crippen LogP contribution is 2.27. The molecule has 0 aliphatic carbocycles. The number of aromatic nitrogens is 1. The molecule has 1 rings (SSSR count). The molecular formula is C29H47N3O3. The Kier molecular flexibility index (Phi) is 13.4. The van der Waals surface area contributed by atoms with E-state index in [1.54, 1.807) is 0 Å². The summed E-state index contributed by atoms with van der Waals surface area (Å²) in [5, 5.41) is 3.03. The summed E-state index contributed by atoms with van der Waals surface area (Å²) in [4.78, 5) is 31.9. The first-order valence-corrected chi connectivity index (χ1v) is 13.0. The molecule has 1 aromatic heterocycles. The minimum absolute atomic E-state index is 0.140. The van der Waals surface area contributed by atoms with Gasteiger partial charge in [0.15, 0.2) is 0 Å². The van der Waals surface area contributed by atoms with Crippen molar-refractivity contribution in [3.05, 3.63) is 51.0 Å². The van der Waals surface area contributed by atoms with Gasteiger partial charge >= 0.3 is 5.97 Å². The van der Waals surface area contributed by atoms with Crippen LogP contribution < -0.4 is 5.32 Å². The molecule has 6 nitrogen and oxygen atoms in total. The van der Waals surface area contributed by atoms with Crippen LogP contribution >= 0.6 is 0 Å². The lowest BCUT2D eigenvalue weighted by molar-refractivity contribution is -0.116. The number of aromatic amines is 1. The van der Waals surface area contributed by atoms with E-state index in [2.05, 4.69) is 43.0 Å². The van der Waals surface area contributed by atoms with Crippen molar-refractivity contribution in [3.8, 4) is 0 Å². The van der Waals surface area contributed by atoms with Gasteiger partial charge < -0.3 is 19.9 Å². The molecule has 0 bridgehead atoms. The van der Waals surface area contributed by atoms with Gasteiger partial charge in [0.2, 0.25) is 0 Å². The lowest BCUT2D eigenvalue weighted by atomic mass is 9.96. The molecule has 196 valence electrons. The molecule has 0 spiro atoms. The molecule has 1 amide bonds. The monoisotopic (exact) mass is 485 g/mol. The molecule has 0 aromatic carbocycles. The number of hydrogen-bond acceptors (Lipinski definition) is 4. The van der Waals surface area contributed by atoms with E-state index < -0.39 is 0 Å². The highest BCUT2D eigenvalue weighted by atomic mass is 16.5. The minimum Gasteiger partial charge on any atom is -0.465 e. The summed E-state index contributed by atoms with van der Waals surface area (Å²) in [5.41, 5.74) is 6.73. The number of hydrogen-bond donors (Lipinski definition) is 2. The maximum Gasteiger partial charge on any atom is 0.339 e. The Morgan fingerprint density at radius 2 is 1.77 bits per heavy atom. The topological polar surface area (TPSA) is 74.4 Å². The van der Waals surface area contributed by atoms with Crippen LogP contribution in [0, 0.1) is 0 Å². The number of nitrogens with zero attached hydrogens (tertiary/aromatic N) is 1. The van der Waals surface area contributed by atoms with E-state index in [0.717, 1.165) is 79.0 Å². The minimum atomic E-state index is -0.334. The predicted octanol–water partition coefficient (Wildman–Crippen LogP) is 6.20. The lowest BCUT2D eigenvalue weighted by Gasteiger charge is -2.16. The Hall–Kier alpha value is -2.60. The highest BCUT2D eigenvalue weighted by molar-refractivity contribution is 6.03. The average Bonchev–Trinajstić information content (AvgIpc) is 3.18. The third-order valence-electron chi connectivity index (χ3n) is 6.46. The number of H-pyrrole nitrogens is 1. The SMILES string of the molecule is CC/C=C(\C)NC(=O)C(=C\c1[nH]c(CC)c(C(=O)OC)c1CCCN(C)CCC)/C(C)=C(\C)CC. The smallest absolute Gasteiger partial charge is 0.339 e. The van der Waals surface area contributed by atoms with E-state index in [9.17, 15) is 9.59 Å². The molecule has 1 heterocycles. The molecule has 0 radical (unpaired) electrons. The maximum atomic E-state index is 13.4. The van der Waals surface area contributed by atoms with Crippen LogP contribution in [0.4, 0.5) is 0 Å². The summed E-state index contributed by atoms with van der Waals surface area (Å²) in [6.07, 6.45) is 9.03. The number of allylic oxidation sites excluding steroid dienone is 3. The third-order valence-corrected chi connectivity index (χ3v) is 6.46. The van der Waals surface area contributed by atoms with Gasteiger partial charge in [0.25, 0.3) is 5.91 Å². The van der Waals surface area contributed by atoms with Crippen molar-refractivity contribution in [2.45, 2.75) is 87.0 Å². The van der Waals surface area contributed by atoms with Gasteiger partial charge in [0, 0.05) is 22.7 Å². The van der Waals surface area contributed by atoms with E-state index in [1.165, 1.54) is 7.11 Å². The molecule has 0 saturated carbocycles. The number of methoxy groups -OCH3 is 1. The molecule has 2 N–H and O–H groups in total. The second-order valence-corrected chi connectivity index (χ2v) is 9.19. The van der Waals surface area contributed by atoms with Crippen molar-refractivity contribution in [2.75, 3.05) is 27.2 Å². The van der Waals surface area contributed by atoms with Gasteiger partial charge in [-0.2, -0.15) is 0 Å². The van der Waals surface area contributed by atoms with Gasteiger partial charge in [0.1, 0.15) is 0 Å². The van der Waals surface area contributed by atoms with Gasteiger partial charge in [-0.3, -0.25) is 4.79 Å². The maximum absolute atomic E-state index is 13.4. The second-order valence-electron chi connectivity index (χ2n) is 9.19. The third kappa shape index (κ3) is 8.84. The zero-order valence-electron chi connectivity index (χ0n) is 23.5. The number of nitrogens with one attached hydrogen (secondary N) is 2. The van der Waals surface area contributed by atoms with Gasteiger partial charge in [-0.05, 0) is 96.6 Å². The van der Waals surface area contributed by atoms with Crippen molar-refractivity contribution in [1.29, 1.82) is 0 Å². The fourth-order valence-corrected chi connectivity index (χ4v) is 4.22. The molecule has 6 heteroatoms. The summed E-state index contributed by atoms with van der Waals surface area (Å²) >= 11 is 0. The first-order valence-electron chi connectivity index (χ1n) is 13.0. The van der Waals surface area contributed by atoms with Crippen molar-refractivity contribution in [2.24, 2.45) is 0 Å². The van der Waals surface area contributed by atoms with Gasteiger partial charge in [-0.1, -0.05) is 39.3 Å². The van der Waals surface area contributed by atoms with Crippen LogP contribution in [0.3, 0.4) is 0 Å². The number of amides is 1. The van der Waals surface area contributed by atoms with Gasteiger partial charge in [-0.15, -0.1) is 0 Å². The number of carbonyl (C=O) groups is 2. The van der Waals surface area contributed by atoms with Crippen LogP contribution in [-0.4, -0.2) is 49.0 Å². The van der Waals surface area contributed by atoms with Crippen LogP contribution in [0.2, 0.25) is 0 Å². The number of ether oxygens (including phenoxy) is 1. The summed E-state index contributed by atoms with van der Waals surface area (Å²) in [5.74, 6) is -0.474. The van der Waals surface area contributed by atoms with Crippen LogP contribution in [-0.2, 0) is 22.4 Å². The number of aryl methyl sites for hydroxylation is 1. The number of esters is 1. The fourth-order valence-electron chi connectivity index (χ4n) is 4.22. The van der Waals surface area contributed by atoms with Crippen molar-refractivity contribution < 1.29 is 14.3 Å². The molecule has 0 fully saturated rings. The molecule has 1 aromatic rings. The van der Waals surface area contributed by atoms with Crippen LogP contribution in [0.25, 0.3) is 6.08 Å². The normalized spacial score (nSPS) is 13.2. The van der Waals surface area contributed by atoms with Crippen LogP contribution in [0.1, 0.15) is 101 Å². The molecule has 0 atom stereocenters. The summed E-state index contributed by atoms with van der Waals surface area (Å²) < 4.78 is 5.15. The van der Waals surface area contributed by atoms with Crippen LogP contribution in [0.15, 0.2) is 28.5 Å². The molecule has 0 unspecified atom stereocenters. The van der Waals surface area contributed by atoms with Crippen molar-refractivity contribution >= 4 is 18.0 Å². The highest BCUT2D eigenvalue weighted by Gasteiger charge is 2.23. The van der Waals surface area contributed by atoms with Gasteiger partial charge in [0.05, 0.1) is 12.7 Å². The first-order chi connectivity index (χ1) is 16.6.